The number of nitrogens with zero attached hydrogens (tertiary/aromatic N) is 1. The van der Waals surface area contributed by atoms with E-state index < -0.39 is 12.0 Å². The third-order valence-electron chi connectivity index (χ3n) is 5.60. The van der Waals surface area contributed by atoms with E-state index in [0.29, 0.717) is 19.4 Å². The van der Waals surface area contributed by atoms with Crippen molar-refractivity contribution in [2.24, 2.45) is 11.1 Å². The summed E-state index contributed by atoms with van der Waals surface area (Å²) in [7, 11) is 0. The van der Waals surface area contributed by atoms with Gasteiger partial charge in [-0.05, 0) is 24.5 Å². The smallest absolute Gasteiger partial charge is 0.229 e. The van der Waals surface area contributed by atoms with Crippen molar-refractivity contribution in [3.05, 3.63) is 71.9 Å². The SMILES string of the molecule is CCCC(=O)CC(NC(=O)C(/C=N/OCc1ccccc1)CCC)c1c[nH]c2ccccc12. The van der Waals surface area contributed by atoms with Crippen LogP contribution in [-0.4, -0.2) is 22.9 Å². The van der Waals surface area contributed by atoms with Gasteiger partial charge in [0.25, 0.3) is 0 Å². The number of Topliss-reactive ketones (excluding diaryl/α,β-unsaturated/α-hetero) is 1. The van der Waals surface area contributed by atoms with Gasteiger partial charge in [0.2, 0.25) is 5.91 Å². The molecule has 2 N–H and O–H groups in total. The quantitative estimate of drug-likeness (QED) is 0.260. The molecule has 3 rings (SSSR count). The van der Waals surface area contributed by atoms with Gasteiger partial charge in [-0.15, -0.1) is 0 Å². The second-order valence-electron chi connectivity index (χ2n) is 8.25. The molecule has 2 unspecified atom stereocenters. The van der Waals surface area contributed by atoms with Crippen LogP contribution in [0, 0.1) is 5.92 Å². The van der Waals surface area contributed by atoms with E-state index in [2.05, 4.69) is 15.5 Å². The molecule has 0 aliphatic rings. The lowest BCUT2D eigenvalue weighted by Crippen LogP contribution is -2.35. The maximum Gasteiger partial charge on any atom is 0.229 e. The zero-order valence-electron chi connectivity index (χ0n) is 19.4. The molecule has 174 valence electrons. The number of amides is 1. The summed E-state index contributed by atoms with van der Waals surface area (Å²) in [6, 6.07) is 17.3. The highest BCUT2D eigenvalue weighted by atomic mass is 16.6. The molecule has 6 nitrogen and oxygen atoms in total. The number of carbonyl (C=O) groups is 2. The Morgan fingerprint density at radius 2 is 1.82 bits per heavy atom. The van der Waals surface area contributed by atoms with Crippen LogP contribution in [0.15, 0.2) is 65.9 Å². The minimum atomic E-state index is -0.431. The summed E-state index contributed by atoms with van der Waals surface area (Å²) in [5.74, 6) is -0.441. The van der Waals surface area contributed by atoms with E-state index in [1.807, 2.05) is 74.6 Å². The Hall–Kier alpha value is -3.41. The number of aromatic amines is 1. The first-order valence-corrected chi connectivity index (χ1v) is 11.7. The standard InChI is InChI=1S/C27H33N3O3/c1-3-10-21(17-29-33-19-20-12-6-5-7-13-20)27(32)30-26(16-22(31)11-4-2)24-18-28-25-15-9-8-14-23(24)25/h5-9,12-15,17-18,21,26,28H,3-4,10-11,16,19H2,1-2H3,(H,30,32)/b29-17+. The average Bonchev–Trinajstić information content (AvgIpc) is 3.25. The molecule has 0 aliphatic carbocycles. The summed E-state index contributed by atoms with van der Waals surface area (Å²) in [6.45, 7) is 4.36. The van der Waals surface area contributed by atoms with Crippen LogP contribution in [0.4, 0.5) is 0 Å². The highest BCUT2D eigenvalue weighted by Gasteiger charge is 2.24. The number of oxime groups is 1. The van der Waals surface area contributed by atoms with Crippen LogP contribution in [-0.2, 0) is 21.0 Å². The topological polar surface area (TPSA) is 83.6 Å². The van der Waals surface area contributed by atoms with Crippen LogP contribution in [0.2, 0.25) is 0 Å². The van der Waals surface area contributed by atoms with Crippen LogP contribution in [0.1, 0.15) is 63.1 Å². The lowest BCUT2D eigenvalue weighted by atomic mass is 9.97. The molecule has 0 saturated carbocycles. The highest BCUT2D eigenvalue weighted by Crippen LogP contribution is 2.27. The summed E-state index contributed by atoms with van der Waals surface area (Å²) in [4.78, 5) is 34.4. The number of hydrogen-bond acceptors (Lipinski definition) is 4. The first-order valence-electron chi connectivity index (χ1n) is 11.7. The number of hydrogen-bond donors (Lipinski definition) is 2. The van der Waals surface area contributed by atoms with Crippen molar-refractivity contribution in [2.75, 3.05) is 0 Å². The van der Waals surface area contributed by atoms with E-state index >= 15 is 0 Å². The normalized spacial score (nSPS) is 13.2. The minimum absolute atomic E-state index is 0.139. The molecule has 3 aromatic rings. The summed E-state index contributed by atoms with van der Waals surface area (Å²) in [6.07, 6.45) is 6.49. The van der Waals surface area contributed by atoms with E-state index in [9.17, 15) is 9.59 Å². The maximum absolute atomic E-state index is 13.2. The van der Waals surface area contributed by atoms with Crippen molar-refractivity contribution in [3.63, 3.8) is 0 Å². The zero-order chi connectivity index (χ0) is 23.5. The average molecular weight is 448 g/mol. The van der Waals surface area contributed by atoms with Gasteiger partial charge in [0.05, 0.1) is 18.2 Å². The molecule has 1 amide bonds. The van der Waals surface area contributed by atoms with Crippen molar-refractivity contribution in [1.29, 1.82) is 0 Å². The molecule has 1 heterocycles. The molecule has 0 spiro atoms. The lowest BCUT2D eigenvalue weighted by Gasteiger charge is -2.20. The van der Waals surface area contributed by atoms with Gasteiger partial charge in [-0.3, -0.25) is 9.59 Å². The summed E-state index contributed by atoms with van der Waals surface area (Å²) < 4.78 is 0. The van der Waals surface area contributed by atoms with Crippen molar-refractivity contribution in [2.45, 2.75) is 58.6 Å². The number of ketones is 1. The van der Waals surface area contributed by atoms with Gasteiger partial charge < -0.3 is 15.1 Å². The molecule has 2 atom stereocenters. The van der Waals surface area contributed by atoms with Gasteiger partial charge in [-0.25, -0.2) is 0 Å². The van der Waals surface area contributed by atoms with Crippen molar-refractivity contribution < 1.29 is 14.4 Å². The highest BCUT2D eigenvalue weighted by molar-refractivity contribution is 5.94. The molecule has 0 fully saturated rings. The Bertz CT molecular complexity index is 1060. The van der Waals surface area contributed by atoms with Crippen LogP contribution in [0.3, 0.4) is 0 Å². The molecular weight excluding hydrogens is 414 g/mol. The summed E-state index contributed by atoms with van der Waals surface area (Å²) in [5, 5.41) is 8.19. The van der Waals surface area contributed by atoms with Crippen molar-refractivity contribution >= 4 is 28.8 Å². The van der Waals surface area contributed by atoms with E-state index in [1.54, 1.807) is 6.21 Å². The number of H-pyrrole nitrogens is 1. The molecule has 0 bridgehead atoms. The number of nitrogens with one attached hydrogen (secondary N) is 2. The third-order valence-corrected chi connectivity index (χ3v) is 5.60. The van der Waals surface area contributed by atoms with E-state index in [0.717, 1.165) is 34.9 Å². The van der Waals surface area contributed by atoms with E-state index in [1.165, 1.54) is 0 Å². The van der Waals surface area contributed by atoms with Gasteiger partial charge in [0.1, 0.15) is 12.4 Å². The van der Waals surface area contributed by atoms with Crippen LogP contribution in [0.5, 0.6) is 0 Å². The monoisotopic (exact) mass is 447 g/mol. The fraction of sp³-hybridized carbons (Fsp3) is 0.370. The second-order valence-corrected chi connectivity index (χ2v) is 8.25. The number of aromatic nitrogens is 1. The third kappa shape index (κ3) is 7.04. The predicted molar refractivity (Wildman–Crippen MR) is 132 cm³/mol. The first kappa shape index (κ1) is 24.2. The van der Waals surface area contributed by atoms with E-state index in [-0.39, 0.29) is 18.1 Å². The number of benzene rings is 2. The molecule has 6 heteroatoms. The van der Waals surface area contributed by atoms with Crippen molar-refractivity contribution in [3.8, 4) is 0 Å². The Morgan fingerprint density at radius 1 is 1.06 bits per heavy atom. The Kier molecular flexibility index (Phi) is 9.24. The molecule has 0 aliphatic heterocycles. The van der Waals surface area contributed by atoms with Gasteiger partial charge in [0.15, 0.2) is 0 Å². The molecule has 2 aromatic carbocycles. The fourth-order valence-corrected chi connectivity index (χ4v) is 3.90. The number of fused-ring (bicyclic) bond motifs is 1. The van der Waals surface area contributed by atoms with Gasteiger partial charge in [-0.2, -0.15) is 0 Å². The van der Waals surface area contributed by atoms with E-state index in [4.69, 9.17) is 4.84 Å². The Balaban J connectivity index is 1.72. The minimum Gasteiger partial charge on any atom is -0.391 e. The summed E-state index contributed by atoms with van der Waals surface area (Å²) in [5.41, 5.74) is 2.92. The van der Waals surface area contributed by atoms with Crippen LogP contribution < -0.4 is 5.32 Å². The second kappa shape index (κ2) is 12.6. The molecule has 0 radical (unpaired) electrons. The van der Waals surface area contributed by atoms with Crippen LogP contribution in [0.25, 0.3) is 10.9 Å². The van der Waals surface area contributed by atoms with Gasteiger partial charge >= 0.3 is 0 Å². The predicted octanol–water partition coefficient (Wildman–Crippen LogP) is 5.70. The number of rotatable bonds is 13. The van der Waals surface area contributed by atoms with Gasteiger partial charge in [-0.1, -0.05) is 74.0 Å². The Morgan fingerprint density at radius 3 is 2.58 bits per heavy atom. The molecule has 1 aromatic heterocycles. The largest absolute Gasteiger partial charge is 0.391 e. The first-order chi connectivity index (χ1) is 16.1. The van der Waals surface area contributed by atoms with Crippen LogP contribution >= 0.6 is 0 Å². The lowest BCUT2D eigenvalue weighted by molar-refractivity contribution is -0.124. The number of carbonyl (C=O) groups excluding carboxylic acids is 2. The Labute approximate surface area is 195 Å². The molecule has 0 saturated heterocycles. The summed E-state index contributed by atoms with van der Waals surface area (Å²) >= 11 is 0. The van der Waals surface area contributed by atoms with Crippen molar-refractivity contribution in [1.82, 2.24) is 10.3 Å². The number of para-hydroxylation sites is 1. The molecule has 33 heavy (non-hydrogen) atoms. The fourth-order valence-electron chi connectivity index (χ4n) is 3.90. The van der Waals surface area contributed by atoms with Gasteiger partial charge in [0, 0.05) is 35.5 Å². The zero-order valence-corrected chi connectivity index (χ0v) is 19.4. The maximum atomic E-state index is 13.2. The molecular formula is C27H33N3O3.